The van der Waals surface area contributed by atoms with E-state index < -0.39 is 170 Å². The van der Waals surface area contributed by atoms with Crippen LogP contribution in [0.5, 0.6) is 5.75 Å². The van der Waals surface area contributed by atoms with Gasteiger partial charge >= 0.3 is 37.5 Å². The summed E-state index contributed by atoms with van der Waals surface area (Å²) in [4.78, 5) is 184. The molecule has 121 heavy (non-hydrogen) atoms. The summed E-state index contributed by atoms with van der Waals surface area (Å²) in [5.74, 6) is -7.65. The standard InChI is InChI=1S/C85H141N11O23P2/c1-22-113-120(21,110)80(121(111,114-23-2)115-24-3)92-71(101)54-88-75(105)63(52-64(99)53-87-70(100)39-38-68(78(108)119-85(18,19)20)96-48-46-94(56-60(5)98)43-42-93(55-59(4)97)44-45-95(47-49-96)57-74(104)117-83(12,13)14)50-62-33-35-65(36-34-62)112-58-72(102)89-67(51-61-30-26-25-27-31-61)76(106)86-41-29-28-32-69(81(6,7)8)91-79(109)90-66(77(107)118-84(15,16)17)37-40-73(103)116-82(9,10)11/h25-27,30-31,33-36,63,66-69,80H,22-24,28-29,32,37-58H2,1-21H3,(H,86,106)(H,87,100)(H,88,105)(H,89,102)(H,92,101)(H2,90,91,109)/t63-,66+,67+,68?,69+,80?,120?/m1/s1. The summed E-state index contributed by atoms with van der Waals surface area (Å²) in [6.45, 7) is 35.8. The fraction of sp³-hybridized carbons (Fsp3) is 0.706. The maximum absolute atomic E-state index is 14.4. The first-order chi connectivity index (χ1) is 56.2. The molecule has 1 aliphatic heterocycles. The fourth-order valence-corrected chi connectivity index (χ4v) is 18.0. The lowest BCUT2D eigenvalue weighted by atomic mass is 9.84. The molecule has 36 heteroatoms. The molecule has 7 atom stereocenters. The Hall–Kier alpha value is -8.07. The van der Waals surface area contributed by atoms with Gasteiger partial charge in [-0.3, -0.25) is 81.5 Å². The minimum Gasteiger partial charge on any atom is -0.484 e. The number of ketones is 3. The zero-order valence-electron chi connectivity index (χ0n) is 75.5. The van der Waals surface area contributed by atoms with Crippen molar-refractivity contribution in [1.29, 1.82) is 0 Å². The SMILES string of the molecule is CCOP(C)(=O)C(NC(=O)CNC(=O)[C@@H](CC(=O)CNC(=O)CCC(C(=O)OC(C)(C)C)N1CCN(CC(C)=O)CCN(CC(C)=O)CCN(CC(=O)OC(C)(C)C)CC1)Cc1ccc(OCC(=O)N[C@@H](Cc2ccccc2)C(=O)NCCCC[C@H](NC(=O)N[C@@H](CCC(=O)OC(C)(C)C)C(=O)OC(C)(C)C)C(C)(C)C)cc1)P(=O)(OCC)OCC. The number of esters is 4. The van der Waals surface area contributed by atoms with Crippen molar-refractivity contribution in [3.63, 3.8) is 0 Å². The Bertz CT molecular complexity index is 3790. The van der Waals surface area contributed by atoms with Crippen LogP contribution in [0.4, 0.5) is 4.79 Å². The number of ether oxygens (including phenoxy) is 5. The van der Waals surface area contributed by atoms with Gasteiger partial charge in [-0.05, 0) is 185 Å². The number of carbonyl (C=O) groups is 13. The number of amides is 7. The number of carbonyl (C=O) groups excluding carboxylic acids is 13. The highest BCUT2D eigenvalue weighted by molar-refractivity contribution is 7.74. The van der Waals surface area contributed by atoms with Gasteiger partial charge < -0.3 is 74.5 Å². The highest BCUT2D eigenvalue weighted by atomic mass is 31.2. The van der Waals surface area contributed by atoms with Gasteiger partial charge in [0.05, 0.1) is 52.5 Å². The molecule has 0 spiro atoms. The van der Waals surface area contributed by atoms with Gasteiger partial charge in [0.25, 0.3) is 5.91 Å². The van der Waals surface area contributed by atoms with E-state index in [2.05, 4.69) is 37.2 Å². The predicted octanol–water partition coefficient (Wildman–Crippen LogP) is 7.82. The number of hydrogen-bond acceptors (Lipinski definition) is 27. The third-order valence-electron chi connectivity index (χ3n) is 18.4. The van der Waals surface area contributed by atoms with Crippen molar-refractivity contribution in [2.45, 2.75) is 255 Å². The zero-order chi connectivity index (χ0) is 91.3. The molecule has 2 aromatic rings. The zero-order valence-corrected chi connectivity index (χ0v) is 77.3. The number of benzene rings is 2. The van der Waals surface area contributed by atoms with Crippen LogP contribution in [0.1, 0.15) is 201 Å². The maximum Gasteiger partial charge on any atom is 0.362 e. The van der Waals surface area contributed by atoms with E-state index in [1.165, 1.54) is 46.5 Å². The number of rotatable bonds is 47. The molecular weight excluding hydrogens is 1600 g/mol. The molecule has 7 amide bonds. The average molecular weight is 1750 g/mol. The number of hydrogen-bond donors (Lipinski definition) is 7. The number of unbranched alkanes of at least 4 members (excludes halogenated alkanes) is 1. The van der Waals surface area contributed by atoms with E-state index in [1.54, 1.807) is 114 Å². The van der Waals surface area contributed by atoms with E-state index in [-0.39, 0.29) is 121 Å². The van der Waals surface area contributed by atoms with Gasteiger partial charge in [-0.15, -0.1) is 0 Å². The van der Waals surface area contributed by atoms with E-state index in [4.69, 9.17) is 37.3 Å². The van der Waals surface area contributed by atoms with Crippen LogP contribution >= 0.6 is 15.0 Å². The summed E-state index contributed by atoms with van der Waals surface area (Å²) in [5.41, 5.74) is -4.36. The van der Waals surface area contributed by atoms with Gasteiger partial charge in [-0.25, -0.2) is 9.59 Å². The molecule has 0 aromatic heterocycles. The molecular formula is C85H141N11O23P2. The first kappa shape index (κ1) is 107. The number of nitrogens with one attached hydrogen (secondary N) is 7. The van der Waals surface area contributed by atoms with Crippen molar-refractivity contribution in [3.8, 4) is 5.75 Å². The van der Waals surface area contributed by atoms with Crippen LogP contribution in [0.3, 0.4) is 0 Å². The van der Waals surface area contributed by atoms with Crippen molar-refractivity contribution in [2.75, 3.05) is 125 Å². The van der Waals surface area contributed by atoms with Crippen LogP contribution in [0.2, 0.25) is 0 Å². The molecule has 2 aromatic carbocycles. The second-order valence-corrected chi connectivity index (χ2v) is 40.6. The van der Waals surface area contributed by atoms with Gasteiger partial charge in [-0.1, -0.05) is 63.2 Å². The first-order valence-electron chi connectivity index (χ1n) is 41.9. The topological polar surface area (TPSA) is 427 Å². The van der Waals surface area contributed by atoms with Crippen LogP contribution in [0.25, 0.3) is 0 Å². The van der Waals surface area contributed by atoms with Crippen molar-refractivity contribution in [3.05, 3.63) is 65.7 Å². The summed E-state index contributed by atoms with van der Waals surface area (Å²) in [6.07, 6.45) is 0.393. The number of urea groups is 1. The molecule has 1 heterocycles. The van der Waals surface area contributed by atoms with Gasteiger partial charge in [0.1, 0.15) is 57.8 Å². The Balaban J connectivity index is 1.88. The highest BCUT2D eigenvalue weighted by Gasteiger charge is 2.48. The molecule has 3 unspecified atom stereocenters. The molecule has 0 radical (unpaired) electrons. The Labute approximate surface area is 716 Å². The molecule has 1 saturated heterocycles. The Morgan fingerprint density at radius 2 is 0.983 bits per heavy atom. The predicted molar refractivity (Wildman–Crippen MR) is 458 cm³/mol. The first-order valence-corrected chi connectivity index (χ1v) is 45.6. The van der Waals surface area contributed by atoms with Gasteiger partial charge in [0, 0.05) is 103 Å². The molecule has 1 fully saturated rings. The smallest absolute Gasteiger partial charge is 0.362 e. The lowest BCUT2D eigenvalue weighted by molar-refractivity contribution is -0.163. The molecule has 3 rings (SSSR count). The van der Waals surface area contributed by atoms with Crippen LogP contribution in [-0.2, 0) is 112 Å². The third kappa shape index (κ3) is 45.2. The van der Waals surface area contributed by atoms with Gasteiger partial charge in [-0.2, -0.15) is 0 Å². The quantitative estimate of drug-likeness (QED) is 0.0144. The van der Waals surface area contributed by atoms with E-state index in [1.807, 2.05) is 58.6 Å². The largest absolute Gasteiger partial charge is 0.484 e. The van der Waals surface area contributed by atoms with Crippen LogP contribution in [0, 0.1) is 11.3 Å². The Morgan fingerprint density at radius 3 is 1.50 bits per heavy atom. The summed E-state index contributed by atoms with van der Waals surface area (Å²) >= 11 is 0. The normalized spacial score (nSPS) is 16.0. The second-order valence-electron chi connectivity index (χ2n) is 35.5. The van der Waals surface area contributed by atoms with Crippen LogP contribution in [-0.4, -0.2) is 273 Å². The Kier molecular flexibility index (Phi) is 45.4. The number of nitrogens with zero attached hydrogens (tertiary/aromatic N) is 4. The second kappa shape index (κ2) is 51.3. The maximum atomic E-state index is 14.4. The molecule has 684 valence electrons. The van der Waals surface area contributed by atoms with E-state index in [0.29, 0.717) is 57.5 Å². The lowest BCUT2D eigenvalue weighted by Crippen LogP contribution is -2.53. The van der Waals surface area contributed by atoms with Crippen LogP contribution in [0.15, 0.2) is 54.6 Å². The molecule has 0 saturated carbocycles. The van der Waals surface area contributed by atoms with E-state index in [9.17, 15) is 71.5 Å². The monoisotopic (exact) mass is 1750 g/mol. The molecule has 34 nitrogen and oxygen atoms in total. The van der Waals surface area contributed by atoms with Gasteiger partial charge in [0.15, 0.2) is 12.4 Å². The molecule has 1 aliphatic rings. The average Bonchev–Trinajstić information content (AvgIpc) is 0.790. The van der Waals surface area contributed by atoms with E-state index in [0.717, 1.165) is 5.56 Å². The third-order valence-corrected chi connectivity index (χ3v) is 24.3. The van der Waals surface area contributed by atoms with Gasteiger partial charge in [0.2, 0.25) is 36.5 Å². The summed E-state index contributed by atoms with van der Waals surface area (Å²) in [6, 6.07) is 11.0. The minimum atomic E-state index is -4.36. The minimum absolute atomic E-state index is 0.0544. The van der Waals surface area contributed by atoms with Crippen LogP contribution < -0.4 is 42.0 Å². The van der Waals surface area contributed by atoms with E-state index >= 15 is 0 Å². The van der Waals surface area contributed by atoms with Crippen molar-refractivity contribution < 1.29 is 109 Å². The summed E-state index contributed by atoms with van der Waals surface area (Å²) in [7, 11) is -8.35. The highest BCUT2D eigenvalue weighted by Crippen LogP contribution is 2.67. The van der Waals surface area contributed by atoms with Crippen molar-refractivity contribution in [1.82, 2.24) is 56.8 Å². The fourth-order valence-electron chi connectivity index (χ4n) is 12.9. The number of Topliss-reactive ketones (excluding diaryl/α,β-unsaturated/α-hetero) is 3. The molecule has 0 aliphatic carbocycles. The summed E-state index contributed by atoms with van der Waals surface area (Å²) < 4.78 is 73.0. The lowest BCUT2D eigenvalue weighted by Gasteiger charge is -2.37. The van der Waals surface area contributed by atoms with Crippen molar-refractivity contribution >= 4 is 91.8 Å². The Morgan fingerprint density at radius 1 is 0.471 bits per heavy atom. The van der Waals surface area contributed by atoms with Crippen molar-refractivity contribution in [2.24, 2.45) is 11.3 Å². The molecule has 0 bridgehead atoms. The molecule has 7 N–H and O–H groups in total. The summed E-state index contributed by atoms with van der Waals surface area (Å²) in [5, 5.41) is 19.0.